The minimum absolute atomic E-state index is 0.109. The van der Waals surface area contributed by atoms with Gasteiger partial charge in [-0.2, -0.15) is 5.10 Å². The van der Waals surface area contributed by atoms with Crippen LogP contribution >= 0.6 is 11.6 Å². The molecule has 3 aromatic carbocycles. The number of fused-ring (bicyclic) bond motifs is 1. The monoisotopic (exact) mass is 627 g/mol. The van der Waals surface area contributed by atoms with Crippen molar-refractivity contribution >= 4 is 29.1 Å². The number of carbonyl (C=O) groups excluding carboxylic acids is 2. The molecule has 4 aromatic rings. The number of hydrogen-bond donors (Lipinski definition) is 3. The van der Waals surface area contributed by atoms with Gasteiger partial charge in [0.25, 0.3) is 0 Å². The first kappa shape index (κ1) is 30.6. The Hall–Kier alpha value is -4.41. The number of halogens is 1. The van der Waals surface area contributed by atoms with Gasteiger partial charge in [0.15, 0.2) is 0 Å². The van der Waals surface area contributed by atoms with E-state index in [2.05, 4.69) is 37.7 Å². The second-order valence-electron chi connectivity index (χ2n) is 12.3. The molecule has 2 atom stereocenters. The summed E-state index contributed by atoms with van der Waals surface area (Å²) >= 11 is 6.13. The van der Waals surface area contributed by atoms with Crippen LogP contribution in [0.4, 0.5) is 5.69 Å². The van der Waals surface area contributed by atoms with E-state index in [1.165, 1.54) is 6.33 Å². The highest BCUT2D eigenvalue weighted by Gasteiger charge is 2.37. The Kier molecular flexibility index (Phi) is 8.78. The van der Waals surface area contributed by atoms with Gasteiger partial charge in [-0.25, -0.2) is 9.67 Å². The number of anilines is 1. The summed E-state index contributed by atoms with van der Waals surface area (Å²) in [4.78, 5) is 36.1. The van der Waals surface area contributed by atoms with Crippen LogP contribution in [0, 0.1) is 0 Å². The molecule has 1 aromatic heterocycles. The molecule has 0 spiro atoms. The van der Waals surface area contributed by atoms with Crippen LogP contribution in [0.2, 0.25) is 5.02 Å². The molecule has 0 saturated carbocycles. The maximum absolute atomic E-state index is 14.1. The van der Waals surface area contributed by atoms with Gasteiger partial charge in [0, 0.05) is 48.8 Å². The molecule has 1 saturated heterocycles. The fraction of sp³-hybridized carbons (Fsp3) is 0.353. The number of benzene rings is 3. The lowest BCUT2D eigenvalue weighted by atomic mass is 9.82. The van der Waals surface area contributed by atoms with Crippen molar-refractivity contribution in [1.82, 2.24) is 30.3 Å². The van der Waals surface area contributed by atoms with Crippen LogP contribution in [0.1, 0.15) is 36.1 Å². The fourth-order valence-electron chi connectivity index (χ4n) is 6.46. The van der Waals surface area contributed by atoms with Crippen LogP contribution < -0.4 is 15.5 Å². The number of amides is 2. The van der Waals surface area contributed by atoms with Crippen LogP contribution in [0.3, 0.4) is 0 Å². The van der Waals surface area contributed by atoms with Crippen molar-refractivity contribution in [2.45, 2.75) is 50.9 Å². The highest BCUT2D eigenvalue weighted by atomic mass is 35.5. The van der Waals surface area contributed by atoms with Crippen LogP contribution in [0.15, 0.2) is 79.4 Å². The standard InChI is InChI=1S/C34H38ClN7O3/c1-34(2)28-12-11-27(43)18-25(28)19-29(39-34)32(44)38-30(17-23-7-9-26(35)10-8-23)33(45)41-15-13-40(14-16-41)31-6-4-3-5-24(31)20-42-22-36-21-37-42/h3-12,18,21-22,29-30,39,43H,13-17,19-20H2,1-2H3,(H,38,44). The third-order valence-corrected chi connectivity index (χ3v) is 8.98. The molecule has 234 valence electrons. The zero-order valence-corrected chi connectivity index (χ0v) is 26.2. The summed E-state index contributed by atoms with van der Waals surface area (Å²) in [7, 11) is 0. The van der Waals surface area contributed by atoms with Crippen molar-refractivity contribution in [2.24, 2.45) is 0 Å². The van der Waals surface area contributed by atoms with Crippen LogP contribution in [-0.4, -0.2) is 74.8 Å². The second kappa shape index (κ2) is 12.9. The van der Waals surface area contributed by atoms with E-state index in [0.717, 1.165) is 27.9 Å². The smallest absolute Gasteiger partial charge is 0.245 e. The van der Waals surface area contributed by atoms with Gasteiger partial charge in [0.1, 0.15) is 24.4 Å². The summed E-state index contributed by atoms with van der Waals surface area (Å²) in [6, 6.07) is 19.6. The van der Waals surface area contributed by atoms with Crippen molar-refractivity contribution < 1.29 is 14.7 Å². The largest absolute Gasteiger partial charge is 0.508 e. The van der Waals surface area contributed by atoms with E-state index in [4.69, 9.17) is 11.6 Å². The first-order valence-electron chi connectivity index (χ1n) is 15.3. The molecule has 3 N–H and O–H groups in total. The van der Waals surface area contributed by atoms with Gasteiger partial charge in [0.2, 0.25) is 11.8 Å². The zero-order chi connectivity index (χ0) is 31.6. The predicted molar refractivity (Wildman–Crippen MR) is 173 cm³/mol. The lowest BCUT2D eigenvalue weighted by Gasteiger charge is -2.40. The predicted octanol–water partition coefficient (Wildman–Crippen LogP) is 3.51. The Bertz CT molecular complexity index is 1650. The van der Waals surface area contributed by atoms with E-state index in [0.29, 0.717) is 50.6 Å². The maximum atomic E-state index is 14.1. The zero-order valence-electron chi connectivity index (χ0n) is 25.5. The molecule has 0 bridgehead atoms. The lowest BCUT2D eigenvalue weighted by molar-refractivity contribution is -0.137. The molecule has 0 aliphatic carbocycles. The first-order chi connectivity index (χ1) is 21.7. The number of hydrogen-bond acceptors (Lipinski definition) is 7. The van der Waals surface area contributed by atoms with Crippen molar-refractivity contribution in [2.75, 3.05) is 31.1 Å². The van der Waals surface area contributed by atoms with E-state index < -0.39 is 17.6 Å². The molecule has 10 nitrogen and oxygen atoms in total. The summed E-state index contributed by atoms with van der Waals surface area (Å²) in [5, 5.41) is 21.5. The van der Waals surface area contributed by atoms with Crippen molar-refractivity contribution in [1.29, 1.82) is 0 Å². The summed E-state index contributed by atoms with van der Waals surface area (Å²) in [6.07, 6.45) is 3.99. The Labute approximate surface area is 268 Å². The Morgan fingerprint density at radius 2 is 1.82 bits per heavy atom. The third kappa shape index (κ3) is 6.97. The normalized spacial score (nSPS) is 18.2. The van der Waals surface area contributed by atoms with E-state index >= 15 is 0 Å². The highest BCUT2D eigenvalue weighted by molar-refractivity contribution is 6.30. The minimum Gasteiger partial charge on any atom is -0.508 e. The molecule has 45 heavy (non-hydrogen) atoms. The Balaban J connectivity index is 1.16. The highest BCUT2D eigenvalue weighted by Crippen LogP contribution is 2.32. The molecule has 6 rings (SSSR count). The number of nitrogens with one attached hydrogen (secondary N) is 2. The number of phenolic OH excluding ortho intramolecular Hbond substituents is 1. The number of para-hydroxylation sites is 1. The van der Waals surface area contributed by atoms with Gasteiger partial charge in [-0.3, -0.25) is 14.9 Å². The number of rotatable bonds is 8. The van der Waals surface area contributed by atoms with Crippen molar-refractivity contribution in [3.05, 3.63) is 107 Å². The quantitative estimate of drug-likeness (QED) is 0.274. The van der Waals surface area contributed by atoms with Gasteiger partial charge in [0.05, 0.1) is 12.6 Å². The SMILES string of the molecule is CC1(C)NC(C(=O)NC(Cc2ccc(Cl)cc2)C(=O)N2CCN(c3ccccc3Cn3cncn3)CC2)Cc2cc(O)ccc21. The maximum Gasteiger partial charge on any atom is 0.245 e. The van der Waals surface area contributed by atoms with Crippen molar-refractivity contribution in [3.63, 3.8) is 0 Å². The first-order valence-corrected chi connectivity index (χ1v) is 15.6. The molecule has 11 heteroatoms. The molecule has 2 unspecified atom stereocenters. The second-order valence-corrected chi connectivity index (χ2v) is 12.7. The van der Waals surface area contributed by atoms with Gasteiger partial charge in [-0.05, 0) is 72.9 Å². The van der Waals surface area contributed by atoms with E-state index in [9.17, 15) is 14.7 Å². The molecule has 0 radical (unpaired) electrons. The van der Waals surface area contributed by atoms with Gasteiger partial charge in [-0.1, -0.05) is 48.0 Å². The summed E-state index contributed by atoms with van der Waals surface area (Å²) in [5.41, 5.74) is 4.63. The minimum atomic E-state index is -0.750. The van der Waals surface area contributed by atoms with E-state index in [1.54, 1.807) is 35.3 Å². The van der Waals surface area contributed by atoms with Crippen LogP contribution in [0.25, 0.3) is 0 Å². The molecular formula is C34H38ClN7O3. The fourth-order valence-corrected chi connectivity index (χ4v) is 6.59. The van der Waals surface area contributed by atoms with Crippen molar-refractivity contribution in [3.8, 4) is 5.75 Å². The van der Waals surface area contributed by atoms with Gasteiger partial charge < -0.3 is 20.2 Å². The number of phenols is 1. The lowest BCUT2D eigenvalue weighted by Crippen LogP contribution is -2.60. The molecule has 1 fully saturated rings. The summed E-state index contributed by atoms with van der Waals surface area (Å²) in [6.45, 7) is 7.04. The third-order valence-electron chi connectivity index (χ3n) is 8.73. The molecule has 2 amide bonds. The topological polar surface area (TPSA) is 116 Å². The number of carbonyl (C=O) groups is 2. The van der Waals surface area contributed by atoms with Crippen LogP contribution in [0.5, 0.6) is 5.75 Å². The summed E-state index contributed by atoms with van der Waals surface area (Å²) in [5.74, 6) is -0.186. The molecular weight excluding hydrogens is 590 g/mol. The van der Waals surface area contributed by atoms with Crippen LogP contribution in [-0.2, 0) is 34.5 Å². The summed E-state index contributed by atoms with van der Waals surface area (Å²) < 4.78 is 1.80. The average molecular weight is 628 g/mol. The van der Waals surface area contributed by atoms with Gasteiger partial charge in [-0.15, -0.1) is 0 Å². The Morgan fingerprint density at radius 1 is 1.07 bits per heavy atom. The average Bonchev–Trinajstić information content (AvgIpc) is 3.54. The number of nitrogens with zero attached hydrogens (tertiary/aromatic N) is 5. The molecule has 2 aliphatic heterocycles. The number of aromatic hydroxyl groups is 1. The number of piperazine rings is 1. The van der Waals surface area contributed by atoms with E-state index in [-0.39, 0.29) is 17.6 Å². The molecule has 3 heterocycles. The number of aromatic nitrogens is 3. The van der Waals surface area contributed by atoms with E-state index in [1.807, 2.05) is 49.1 Å². The molecule has 2 aliphatic rings. The Morgan fingerprint density at radius 3 is 2.56 bits per heavy atom. The van der Waals surface area contributed by atoms with Gasteiger partial charge >= 0.3 is 0 Å².